The molecule has 2 aromatic heterocycles. The van der Waals surface area contributed by atoms with Gasteiger partial charge in [-0.2, -0.15) is 0 Å². The number of anilines is 1. The maximum atomic E-state index is 11.2. The van der Waals surface area contributed by atoms with Crippen molar-refractivity contribution < 1.29 is 0 Å². The van der Waals surface area contributed by atoms with Gasteiger partial charge in [0, 0.05) is 0 Å². The second-order valence-electron chi connectivity index (χ2n) is 2.20. The molecular formula is C6H6N4OS. The highest BCUT2D eigenvalue weighted by Gasteiger charge is 2.02. The Morgan fingerprint density at radius 2 is 2.50 bits per heavy atom. The lowest BCUT2D eigenvalue weighted by atomic mass is 10.4. The number of nitrogen functional groups attached to an aromatic ring is 1. The summed E-state index contributed by atoms with van der Waals surface area (Å²) in [6.45, 7) is 0. The summed E-state index contributed by atoms with van der Waals surface area (Å²) >= 11 is 1.40. The molecule has 0 spiro atoms. The first-order valence-electron chi connectivity index (χ1n) is 3.25. The van der Waals surface area contributed by atoms with E-state index in [1.807, 2.05) is 5.38 Å². The molecule has 0 atom stereocenters. The third-order valence-corrected chi connectivity index (χ3v) is 2.28. The number of nitrogens with one attached hydrogen (secondary N) is 2. The van der Waals surface area contributed by atoms with E-state index < -0.39 is 0 Å². The normalized spacial score (nSPS) is 10.4. The molecule has 0 aromatic carbocycles. The highest BCUT2D eigenvalue weighted by Crippen LogP contribution is 2.14. The Morgan fingerprint density at radius 1 is 1.67 bits per heavy atom. The van der Waals surface area contributed by atoms with Crippen LogP contribution in [0, 0.1) is 0 Å². The Bertz CT molecular complexity index is 460. The first kappa shape index (κ1) is 7.26. The van der Waals surface area contributed by atoms with Crippen molar-refractivity contribution in [3.63, 3.8) is 0 Å². The topological polar surface area (TPSA) is 83.8 Å². The summed E-state index contributed by atoms with van der Waals surface area (Å²) in [5.41, 5.74) is 2.12. The Morgan fingerprint density at radius 3 is 3.25 bits per heavy atom. The van der Waals surface area contributed by atoms with E-state index in [4.69, 9.17) is 5.84 Å². The summed E-state index contributed by atoms with van der Waals surface area (Å²) < 4.78 is 0. The van der Waals surface area contributed by atoms with Gasteiger partial charge in [0.2, 0.25) is 5.95 Å². The zero-order chi connectivity index (χ0) is 8.55. The van der Waals surface area contributed by atoms with E-state index in [9.17, 15) is 4.79 Å². The van der Waals surface area contributed by atoms with Crippen LogP contribution < -0.4 is 16.8 Å². The van der Waals surface area contributed by atoms with Crippen LogP contribution in [0.15, 0.2) is 16.2 Å². The number of fused-ring (bicyclic) bond motifs is 1. The Balaban J connectivity index is 2.84. The lowest BCUT2D eigenvalue weighted by molar-refractivity contribution is 1.13. The molecule has 0 aliphatic rings. The van der Waals surface area contributed by atoms with Crippen LogP contribution in [0.3, 0.4) is 0 Å². The van der Waals surface area contributed by atoms with Crippen LogP contribution in [0.5, 0.6) is 0 Å². The summed E-state index contributed by atoms with van der Waals surface area (Å²) in [4.78, 5) is 18.5. The number of nitrogens with zero attached hydrogens (tertiary/aromatic N) is 1. The molecule has 0 bridgehead atoms. The second-order valence-corrected chi connectivity index (χ2v) is 3.09. The molecule has 2 heterocycles. The fourth-order valence-electron chi connectivity index (χ4n) is 0.933. The minimum absolute atomic E-state index is 0.172. The quantitative estimate of drug-likeness (QED) is 0.436. The smallest absolute Gasteiger partial charge is 0.261 e. The van der Waals surface area contributed by atoms with Crippen molar-refractivity contribution in [2.45, 2.75) is 0 Å². The molecule has 5 nitrogen and oxygen atoms in total. The first-order chi connectivity index (χ1) is 5.81. The van der Waals surface area contributed by atoms with E-state index in [1.165, 1.54) is 11.3 Å². The third kappa shape index (κ3) is 0.973. The number of H-pyrrole nitrogens is 1. The average molecular weight is 182 g/mol. The van der Waals surface area contributed by atoms with Gasteiger partial charge in [-0.25, -0.2) is 10.8 Å². The van der Waals surface area contributed by atoms with Crippen LogP contribution in [0.2, 0.25) is 0 Å². The van der Waals surface area contributed by atoms with Gasteiger partial charge >= 0.3 is 0 Å². The van der Waals surface area contributed by atoms with E-state index in [0.29, 0.717) is 10.2 Å². The van der Waals surface area contributed by atoms with Crippen molar-refractivity contribution >= 4 is 27.5 Å². The lowest BCUT2D eigenvalue weighted by Gasteiger charge is -1.96. The minimum Gasteiger partial charge on any atom is -0.294 e. The highest BCUT2D eigenvalue weighted by molar-refractivity contribution is 7.16. The molecule has 12 heavy (non-hydrogen) atoms. The highest BCUT2D eigenvalue weighted by atomic mass is 32.1. The zero-order valence-electron chi connectivity index (χ0n) is 6.00. The fourth-order valence-corrected chi connectivity index (χ4v) is 1.70. The number of thiophene rings is 1. The summed E-state index contributed by atoms with van der Waals surface area (Å²) in [7, 11) is 0. The number of aromatic amines is 1. The molecule has 4 N–H and O–H groups in total. The van der Waals surface area contributed by atoms with Crippen LogP contribution in [0.4, 0.5) is 5.95 Å². The molecule has 6 heteroatoms. The maximum Gasteiger partial charge on any atom is 0.261 e. The summed E-state index contributed by atoms with van der Waals surface area (Å²) in [5.74, 6) is 5.39. The van der Waals surface area contributed by atoms with E-state index >= 15 is 0 Å². The van der Waals surface area contributed by atoms with Crippen molar-refractivity contribution in [1.82, 2.24) is 9.97 Å². The molecule has 0 fully saturated rings. The zero-order valence-corrected chi connectivity index (χ0v) is 6.81. The summed E-state index contributed by atoms with van der Waals surface area (Å²) in [6.07, 6.45) is 0. The van der Waals surface area contributed by atoms with E-state index in [2.05, 4.69) is 15.4 Å². The predicted molar refractivity (Wildman–Crippen MR) is 48.1 cm³/mol. The lowest BCUT2D eigenvalue weighted by Crippen LogP contribution is -2.16. The first-order valence-corrected chi connectivity index (χ1v) is 4.13. The monoisotopic (exact) mass is 182 g/mol. The minimum atomic E-state index is -0.172. The molecule has 0 amide bonds. The summed E-state index contributed by atoms with van der Waals surface area (Å²) in [5, 5.41) is 2.41. The van der Waals surface area contributed by atoms with Gasteiger partial charge < -0.3 is 0 Å². The van der Waals surface area contributed by atoms with E-state index in [-0.39, 0.29) is 11.5 Å². The number of hydrazine groups is 1. The molecular weight excluding hydrogens is 176 g/mol. The average Bonchev–Trinajstić information content (AvgIpc) is 2.52. The number of hydrogen-bond donors (Lipinski definition) is 3. The van der Waals surface area contributed by atoms with Gasteiger partial charge in [0.05, 0.1) is 5.39 Å². The van der Waals surface area contributed by atoms with Gasteiger partial charge in [-0.1, -0.05) is 0 Å². The van der Waals surface area contributed by atoms with Gasteiger partial charge in [0.1, 0.15) is 4.83 Å². The molecule has 2 aromatic rings. The van der Waals surface area contributed by atoms with Crippen LogP contribution in [-0.4, -0.2) is 9.97 Å². The maximum absolute atomic E-state index is 11.2. The van der Waals surface area contributed by atoms with Crippen LogP contribution in [-0.2, 0) is 0 Å². The second kappa shape index (κ2) is 2.58. The molecule has 0 aliphatic carbocycles. The van der Waals surface area contributed by atoms with Crippen LogP contribution in [0.1, 0.15) is 0 Å². The van der Waals surface area contributed by atoms with E-state index in [0.717, 1.165) is 0 Å². The molecule has 2 rings (SSSR count). The summed E-state index contributed by atoms with van der Waals surface area (Å²) in [6, 6.07) is 1.73. The Kier molecular flexibility index (Phi) is 1.56. The fraction of sp³-hybridized carbons (Fsp3) is 0. The standard InChI is InChI=1S/C6H6N4OS/c7-10-6-8-4(11)3-1-2-12-5(3)9-6/h1-2H,7H2,(H2,8,9,10,11). The van der Waals surface area contributed by atoms with Gasteiger partial charge in [0.25, 0.3) is 5.56 Å². The van der Waals surface area contributed by atoms with Gasteiger partial charge in [-0.05, 0) is 11.4 Å². The van der Waals surface area contributed by atoms with Gasteiger partial charge in [-0.15, -0.1) is 11.3 Å². The van der Waals surface area contributed by atoms with Crippen molar-refractivity contribution in [2.75, 3.05) is 5.43 Å². The molecule has 0 aliphatic heterocycles. The SMILES string of the molecule is NNc1nc2sccc2c(=O)[nH]1. The van der Waals surface area contributed by atoms with Crippen LogP contribution >= 0.6 is 11.3 Å². The van der Waals surface area contributed by atoms with Crippen molar-refractivity contribution in [1.29, 1.82) is 0 Å². The molecule has 0 radical (unpaired) electrons. The van der Waals surface area contributed by atoms with Gasteiger partial charge in [-0.3, -0.25) is 15.2 Å². The molecule has 0 saturated carbocycles. The van der Waals surface area contributed by atoms with Crippen molar-refractivity contribution in [3.05, 3.63) is 21.8 Å². The van der Waals surface area contributed by atoms with Crippen LogP contribution in [0.25, 0.3) is 10.2 Å². The van der Waals surface area contributed by atoms with Crippen molar-refractivity contribution in [3.8, 4) is 0 Å². The Hall–Kier alpha value is -1.40. The Labute approximate surface area is 71.2 Å². The predicted octanol–water partition coefficient (Wildman–Crippen LogP) is 0.270. The molecule has 0 saturated heterocycles. The number of aromatic nitrogens is 2. The van der Waals surface area contributed by atoms with Gasteiger partial charge in [0.15, 0.2) is 0 Å². The molecule has 62 valence electrons. The van der Waals surface area contributed by atoms with E-state index in [1.54, 1.807) is 6.07 Å². The number of rotatable bonds is 1. The molecule has 0 unspecified atom stereocenters. The number of hydrogen-bond acceptors (Lipinski definition) is 5. The third-order valence-electron chi connectivity index (χ3n) is 1.47. The largest absolute Gasteiger partial charge is 0.294 e. The number of nitrogens with two attached hydrogens (primary N) is 1. The van der Waals surface area contributed by atoms with Crippen molar-refractivity contribution in [2.24, 2.45) is 5.84 Å².